The van der Waals surface area contributed by atoms with Crippen molar-refractivity contribution < 1.29 is 14.9 Å². The minimum Gasteiger partial charge on any atom is -0.393 e. The molecule has 2 spiro atoms. The molecule has 6 aliphatic carbocycles. The van der Waals surface area contributed by atoms with Crippen LogP contribution in [0.25, 0.3) is 0 Å². The summed E-state index contributed by atoms with van der Waals surface area (Å²) in [6.07, 6.45) is 24.6. The Labute approximate surface area is 226 Å². The smallest absolute Gasteiger partial charge is 0.0957 e. The second kappa shape index (κ2) is 9.07. The number of aliphatic hydroxyl groups excluding tert-OH is 1. The fraction of sp³-hybridized carbons (Fsp3) is 0.941. The molecular formula is C34H54O3. The summed E-state index contributed by atoms with van der Waals surface area (Å²) in [6.45, 7) is 7.57. The van der Waals surface area contributed by atoms with Crippen molar-refractivity contribution in [2.24, 2.45) is 40.4 Å². The Kier molecular flexibility index (Phi) is 6.27. The Balaban J connectivity index is 1.09. The van der Waals surface area contributed by atoms with E-state index in [9.17, 15) is 10.2 Å². The van der Waals surface area contributed by atoms with Crippen molar-refractivity contribution in [2.45, 2.75) is 159 Å². The van der Waals surface area contributed by atoms with Gasteiger partial charge >= 0.3 is 0 Å². The van der Waals surface area contributed by atoms with E-state index in [0.29, 0.717) is 29.3 Å². The van der Waals surface area contributed by atoms with E-state index in [4.69, 9.17) is 11.3 Å². The third-order valence-corrected chi connectivity index (χ3v) is 13.7. The summed E-state index contributed by atoms with van der Waals surface area (Å²) < 4.78 is 6.91. The lowest BCUT2D eigenvalue weighted by molar-refractivity contribution is -0.116. The standard InChI is InChI=1S/C34H54O3/c1-23-18-32(16-12-24(19-32)13-17-33(36)14-7-11-27(35)21-33)30-34(37-30)15-6-8-25(20-34)29-28(23)22-31(29,2)26-9-4-3-5-10-26/h24-30,35-36H,1,3-22H2,2H3/t24-,25-,27+,28+,29+,30-,31-,32+,33+,34+/m0/s1. The molecule has 208 valence electrons. The zero-order valence-electron chi connectivity index (χ0n) is 23.7. The first kappa shape index (κ1) is 25.6. The zero-order chi connectivity index (χ0) is 25.5. The van der Waals surface area contributed by atoms with Crippen LogP contribution in [-0.4, -0.2) is 33.6 Å². The number of aliphatic hydroxyl groups is 2. The third-order valence-electron chi connectivity index (χ3n) is 13.7. The number of hydrogen-bond acceptors (Lipinski definition) is 3. The van der Waals surface area contributed by atoms with Gasteiger partial charge in [-0.2, -0.15) is 0 Å². The van der Waals surface area contributed by atoms with Gasteiger partial charge in [0.1, 0.15) is 0 Å². The molecule has 0 aromatic heterocycles. The van der Waals surface area contributed by atoms with Crippen molar-refractivity contribution in [3.63, 3.8) is 0 Å². The Hall–Kier alpha value is -0.380. The first-order valence-corrected chi connectivity index (χ1v) is 16.5. The van der Waals surface area contributed by atoms with Gasteiger partial charge in [-0.05, 0) is 131 Å². The average molecular weight is 511 g/mol. The normalized spacial score (nSPS) is 54.0. The molecule has 7 aliphatic rings. The molecule has 6 saturated carbocycles. The van der Waals surface area contributed by atoms with Crippen LogP contribution >= 0.6 is 0 Å². The van der Waals surface area contributed by atoms with Crippen LogP contribution in [0.15, 0.2) is 12.2 Å². The number of epoxide rings is 1. The van der Waals surface area contributed by atoms with Crippen LogP contribution < -0.4 is 0 Å². The Bertz CT molecular complexity index is 893. The van der Waals surface area contributed by atoms with Gasteiger partial charge in [0.25, 0.3) is 0 Å². The summed E-state index contributed by atoms with van der Waals surface area (Å²) in [5, 5.41) is 21.3. The molecule has 3 nitrogen and oxygen atoms in total. The minimum absolute atomic E-state index is 0.182. The number of ether oxygens (including phenoxy) is 1. The largest absolute Gasteiger partial charge is 0.393 e. The quantitative estimate of drug-likeness (QED) is 0.300. The second-order valence-corrected chi connectivity index (χ2v) is 15.9. The molecule has 1 heterocycles. The maximum absolute atomic E-state index is 11.2. The summed E-state index contributed by atoms with van der Waals surface area (Å²) in [5.74, 6) is 4.09. The topological polar surface area (TPSA) is 53.0 Å². The monoisotopic (exact) mass is 510 g/mol. The van der Waals surface area contributed by atoms with Crippen LogP contribution in [0.1, 0.15) is 135 Å². The summed E-state index contributed by atoms with van der Waals surface area (Å²) in [5.41, 5.74) is 1.97. The highest BCUT2D eigenvalue weighted by Gasteiger charge is 2.70. The molecule has 0 unspecified atom stereocenters. The van der Waals surface area contributed by atoms with Crippen molar-refractivity contribution in [3.8, 4) is 0 Å². The molecule has 2 bridgehead atoms. The van der Waals surface area contributed by atoms with Gasteiger partial charge in [0, 0.05) is 11.8 Å². The van der Waals surface area contributed by atoms with Crippen LogP contribution in [0.3, 0.4) is 0 Å². The van der Waals surface area contributed by atoms with Gasteiger partial charge in [-0.15, -0.1) is 0 Å². The van der Waals surface area contributed by atoms with Crippen LogP contribution in [0.5, 0.6) is 0 Å². The predicted molar refractivity (Wildman–Crippen MR) is 148 cm³/mol. The van der Waals surface area contributed by atoms with E-state index >= 15 is 0 Å². The van der Waals surface area contributed by atoms with E-state index in [1.54, 1.807) is 5.57 Å². The fourth-order valence-electron chi connectivity index (χ4n) is 11.9. The predicted octanol–water partition coefficient (Wildman–Crippen LogP) is 7.73. The lowest BCUT2D eigenvalue weighted by Gasteiger charge is -2.62. The van der Waals surface area contributed by atoms with E-state index in [1.807, 2.05) is 0 Å². The lowest BCUT2D eigenvalue weighted by atomic mass is 9.42. The molecule has 3 heteroatoms. The molecule has 10 atom stereocenters. The molecular weight excluding hydrogens is 456 g/mol. The van der Waals surface area contributed by atoms with Crippen LogP contribution in [0, 0.1) is 40.4 Å². The van der Waals surface area contributed by atoms with Crippen molar-refractivity contribution in [1.29, 1.82) is 0 Å². The number of allylic oxidation sites excluding steroid dienone is 1. The molecule has 7 rings (SSSR count). The number of hydrogen-bond donors (Lipinski definition) is 2. The molecule has 0 amide bonds. The molecule has 1 saturated heterocycles. The van der Waals surface area contributed by atoms with Gasteiger partial charge in [0.2, 0.25) is 0 Å². The number of fused-ring (bicyclic) bond motifs is 4. The average Bonchev–Trinajstić information content (AvgIpc) is 3.39. The summed E-state index contributed by atoms with van der Waals surface area (Å²) >= 11 is 0. The van der Waals surface area contributed by atoms with Crippen LogP contribution in [0.2, 0.25) is 0 Å². The molecule has 1 aliphatic heterocycles. The maximum Gasteiger partial charge on any atom is 0.0957 e. The molecule has 7 fully saturated rings. The van der Waals surface area contributed by atoms with Gasteiger partial charge in [0.15, 0.2) is 0 Å². The summed E-state index contributed by atoms with van der Waals surface area (Å²) in [4.78, 5) is 0. The Morgan fingerprint density at radius 1 is 0.892 bits per heavy atom. The highest BCUT2D eigenvalue weighted by atomic mass is 16.6. The lowest BCUT2D eigenvalue weighted by Crippen LogP contribution is -2.55. The van der Waals surface area contributed by atoms with Gasteiger partial charge < -0.3 is 14.9 Å². The molecule has 0 aromatic carbocycles. The van der Waals surface area contributed by atoms with Crippen LogP contribution in [-0.2, 0) is 4.74 Å². The molecule has 2 N–H and O–H groups in total. The van der Waals surface area contributed by atoms with Gasteiger partial charge in [0.05, 0.1) is 23.4 Å². The fourth-order valence-corrected chi connectivity index (χ4v) is 11.9. The SMILES string of the molecule is C=C1C[C@@]2(CC[C@@H](CC[C@]3(O)CCC[C@@H](O)C3)C2)[C@@H]2O[C@@]23CCC[C@@H](C3)[C@@H]2[C@@H]1C[C@@]2(C)C1CCCCC1. The summed E-state index contributed by atoms with van der Waals surface area (Å²) in [7, 11) is 0. The first-order chi connectivity index (χ1) is 17.7. The highest BCUT2D eigenvalue weighted by Crippen LogP contribution is 2.72. The van der Waals surface area contributed by atoms with E-state index < -0.39 is 5.60 Å². The van der Waals surface area contributed by atoms with Gasteiger partial charge in [-0.3, -0.25) is 0 Å². The van der Waals surface area contributed by atoms with Crippen molar-refractivity contribution in [1.82, 2.24) is 0 Å². The second-order valence-electron chi connectivity index (χ2n) is 15.9. The van der Waals surface area contributed by atoms with Crippen molar-refractivity contribution >= 4 is 0 Å². The van der Waals surface area contributed by atoms with Crippen molar-refractivity contribution in [2.75, 3.05) is 0 Å². The maximum atomic E-state index is 11.2. The van der Waals surface area contributed by atoms with E-state index in [0.717, 1.165) is 55.8 Å². The Morgan fingerprint density at radius 2 is 1.70 bits per heavy atom. The molecule has 0 radical (unpaired) electrons. The third kappa shape index (κ3) is 4.22. The zero-order valence-corrected chi connectivity index (χ0v) is 23.7. The van der Waals surface area contributed by atoms with Crippen molar-refractivity contribution in [3.05, 3.63) is 12.2 Å². The minimum atomic E-state index is -0.633. The number of rotatable bonds is 4. The van der Waals surface area contributed by atoms with E-state index in [2.05, 4.69) is 6.92 Å². The Morgan fingerprint density at radius 3 is 2.51 bits per heavy atom. The van der Waals surface area contributed by atoms with Crippen LogP contribution in [0.4, 0.5) is 0 Å². The van der Waals surface area contributed by atoms with E-state index in [-0.39, 0.29) is 11.7 Å². The highest BCUT2D eigenvalue weighted by molar-refractivity contribution is 5.26. The molecule has 37 heavy (non-hydrogen) atoms. The summed E-state index contributed by atoms with van der Waals surface area (Å²) in [6, 6.07) is 0. The first-order valence-electron chi connectivity index (χ1n) is 16.5. The molecule has 0 aromatic rings. The van der Waals surface area contributed by atoms with Gasteiger partial charge in [-0.25, -0.2) is 0 Å². The van der Waals surface area contributed by atoms with E-state index in [1.165, 1.54) is 89.9 Å². The van der Waals surface area contributed by atoms with Gasteiger partial charge in [-0.1, -0.05) is 44.8 Å².